The molecular formula is C17H25N3O7S. The Morgan fingerprint density at radius 1 is 1.39 bits per heavy atom. The molecule has 1 aliphatic heterocycles. The van der Waals surface area contributed by atoms with Crippen molar-refractivity contribution in [3.8, 4) is 0 Å². The molecule has 0 unspecified atom stereocenters. The highest BCUT2D eigenvalue weighted by Gasteiger charge is 2.39. The Morgan fingerprint density at radius 2 is 2.11 bits per heavy atom. The van der Waals surface area contributed by atoms with Crippen LogP contribution < -0.4 is 0 Å². The number of amides is 1. The highest BCUT2D eigenvalue weighted by molar-refractivity contribution is 7.86. The van der Waals surface area contributed by atoms with Gasteiger partial charge in [0.15, 0.2) is 0 Å². The van der Waals surface area contributed by atoms with Gasteiger partial charge in [-0.05, 0) is 20.3 Å². The molecule has 0 spiro atoms. The van der Waals surface area contributed by atoms with Crippen molar-refractivity contribution in [2.75, 3.05) is 26.0 Å². The molecule has 0 saturated carbocycles. The lowest BCUT2D eigenvalue weighted by Gasteiger charge is -2.23. The van der Waals surface area contributed by atoms with E-state index in [2.05, 4.69) is 16.5 Å². The highest BCUT2D eigenvalue weighted by Crippen LogP contribution is 2.26. The number of nitrogens with zero attached hydrogens (tertiary/aromatic N) is 2. The van der Waals surface area contributed by atoms with Crippen LogP contribution in [-0.4, -0.2) is 73.5 Å². The van der Waals surface area contributed by atoms with Crippen LogP contribution in [0, 0.1) is 6.92 Å². The Morgan fingerprint density at radius 3 is 2.71 bits per heavy atom. The summed E-state index contributed by atoms with van der Waals surface area (Å²) in [5.74, 6) is -0.485. The average Bonchev–Trinajstić information content (AvgIpc) is 3.15. The lowest BCUT2D eigenvalue weighted by Crippen LogP contribution is -2.38. The summed E-state index contributed by atoms with van der Waals surface area (Å²) in [4.78, 5) is 32.7. The molecule has 2 heterocycles. The predicted molar refractivity (Wildman–Crippen MR) is 99.4 cm³/mol. The van der Waals surface area contributed by atoms with Gasteiger partial charge in [0, 0.05) is 18.2 Å². The predicted octanol–water partition coefficient (Wildman–Crippen LogP) is 1.18. The number of aromatic amines is 1. The topological polar surface area (TPSA) is 128 Å². The molecule has 1 aromatic heterocycles. The summed E-state index contributed by atoms with van der Waals surface area (Å²) in [6.07, 6.45) is 1.72. The lowest BCUT2D eigenvalue weighted by atomic mass is 10.1. The molecule has 1 fully saturated rings. The van der Waals surface area contributed by atoms with E-state index in [-0.39, 0.29) is 32.0 Å². The molecule has 1 N–H and O–H groups in total. The Balaban J connectivity index is 2.18. The molecule has 0 aromatic carbocycles. The van der Waals surface area contributed by atoms with E-state index in [1.54, 1.807) is 13.8 Å². The van der Waals surface area contributed by atoms with E-state index in [4.69, 9.17) is 13.7 Å². The minimum atomic E-state index is -3.67. The summed E-state index contributed by atoms with van der Waals surface area (Å²) in [7, 11) is -3.67. The van der Waals surface area contributed by atoms with Gasteiger partial charge in [0.05, 0.1) is 31.2 Å². The number of hydrogen-bond donors (Lipinski definition) is 1. The molecule has 156 valence electrons. The van der Waals surface area contributed by atoms with Crippen molar-refractivity contribution in [1.29, 1.82) is 0 Å². The van der Waals surface area contributed by atoms with E-state index in [1.807, 2.05) is 0 Å². The van der Waals surface area contributed by atoms with E-state index < -0.39 is 34.3 Å². The number of imidazole rings is 1. The summed E-state index contributed by atoms with van der Waals surface area (Å²) < 4.78 is 38.0. The Hall–Kier alpha value is -2.40. The van der Waals surface area contributed by atoms with Crippen molar-refractivity contribution in [3.63, 3.8) is 0 Å². The number of carbonyl (C=O) groups is 2. The van der Waals surface area contributed by atoms with E-state index in [1.165, 1.54) is 11.0 Å². The molecule has 2 atom stereocenters. The van der Waals surface area contributed by atoms with Crippen molar-refractivity contribution in [2.45, 2.75) is 38.8 Å². The second kappa shape index (κ2) is 9.20. The van der Waals surface area contributed by atoms with E-state index in [0.717, 1.165) is 6.26 Å². The van der Waals surface area contributed by atoms with Gasteiger partial charge >= 0.3 is 12.1 Å². The first-order valence-corrected chi connectivity index (χ1v) is 10.6. The number of esters is 1. The molecule has 1 aromatic rings. The third-order valence-electron chi connectivity index (χ3n) is 4.13. The number of ether oxygens (including phenoxy) is 2. The average molecular weight is 415 g/mol. The van der Waals surface area contributed by atoms with Gasteiger partial charge in [-0.2, -0.15) is 8.42 Å². The SMILES string of the molecule is C=CCOC(=O)N1C[C@H](OS(C)(=O)=O)C[C@H]1Cc1nc(C(=O)OCC)[nH]c1C. The minimum absolute atomic E-state index is 0.0358. The molecule has 0 radical (unpaired) electrons. The highest BCUT2D eigenvalue weighted by atomic mass is 32.2. The quantitative estimate of drug-likeness (QED) is 0.381. The Kier molecular flexibility index (Phi) is 7.19. The largest absolute Gasteiger partial charge is 0.460 e. The third-order valence-corrected chi connectivity index (χ3v) is 4.75. The number of aryl methyl sites for hydroxylation is 1. The molecule has 2 rings (SSSR count). The Bertz CT molecular complexity index is 834. The van der Waals surface area contributed by atoms with Gasteiger partial charge in [0.25, 0.3) is 10.1 Å². The lowest BCUT2D eigenvalue weighted by molar-refractivity contribution is 0.0512. The zero-order valence-corrected chi connectivity index (χ0v) is 17.0. The molecule has 0 bridgehead atoms. The fourth-order valence-electron chi connectivity index (χ4n) is 3.04. The van der Waals surface area contributed by atoms with Gasteiger partial charge < -0.3 is 19.4 Å². The van der Waals surface area contributed by atoms with Crippen LogP contribution in [0.15, 0.2) is 12.7 Å². The number of hydrogen-bond acceptors (Lipinski definition) is 8. The molecule has 28 heavy (non-hydrogen) atoms. The second-order valence-electron chi connectivity index (χ2n) is 6.41. The number of likely N-dealkylation sites (tertiary alicyclic amines) is 1. The van der Waals surface area contributed by atoms with Crippen molar-refractivity contribution in [2.24, 2.45) is 0 Å². The number of nitrogens with one attached hydrogen (secondary N) is 1. The van der Waals surface area contributed by atoms with Crippen LogP contribution >= 0.6 is 0 Å². The number of aromatic nitrogens is 2. The van der Waals surface area contributed by atoms with Gasteiger partial charge in [-0.25, -0.2) is 14.6 Å². The fourth-order valence-corrected chi connectivity index (χ4v) is 3.67. The van der Waals surface area contributed by atoms with Gasteiger partial charge in [0.1, 0.15) is 6.61 Å². The van der Waals surface area contributed by atoms with Gasteiger partial charge in [0.2, 0.25) is 5.82 Å². The monoisotopic (exact) mass is 415 g/mol. The number of rotatable bonds is 8. The number of H-pyrrole nitrogens is 1. The first-order chi connectivity index (χ1) is 13.1. The Labute approximate surface area is 164 Å². The van der Waals surface area contributed by atoms with Crippen LogP contribution in [0.25, 0.3) is 0 Å². The summed E-state index contributed by atoms with van der Waals surface area (Å²) in [5, 5.41) is 0. The van der Waals surface area contributed by atoms with Crippen molar-refractivity contribution in [1.82, 2.24) is 14.9 Å². The van der Waals surface area contributed by atoms with Gasteiger partial charge in [-0.1, -0.05) is 12.7 Å². The van der Waals surface area contributed by atoms with Gasteiger partial charge in [-0.3, -0.25) is 4.18 Å². The first-order valence-electron chi connectivity index (χ1n) is 8.79. The fraction of sp³-hybridized carbons (Fsp3) is 0.588. The van der Waals surface area contributed by atoms with Crippen molar-refractivity contribution < 1.29 is 31.7 Å². The van der Waals surface area contributed by atoms with Gasteiger partial charge in [-0.15, -0.1) is 0 Å². The molecule has 1 aliphatic rings. The molecule has 1 saturated heterocycles. The number of carbonyl (C=O) groups excluding carboxylic acids is 2. The van der Waals surface area contributed by atoms with Crippen LogP contribution in [0.4, 0.5) is 4.79 Å². The summed E-state index contributed by atoms with van der Waals surface area (Å²) in [5.41, 5.74) is 1.24. The second-order valence-corrected chi connectivity index (χ2v) is 8.01. The summed E-state index contributed by atoms with van der Waals surface area (Å²) in [6.45, 7) is 7.28. The van der Waals surface area contributed by atoms with E-state index >= 15 is 0 Å². The van der Waals surface area contributed by atoms with Crippen LogP contribution in [0.5, 0.6) is 0 Å². The maximum Gasteiger partial charge on any atom is 0.410 e. The van der Waals surface area contributed by atoms with Crippen molar-refractivity contribution >= 4 is 22.2 Å². The van der Waals surface area contributed by atoms with Crippen LogP contribution in [0.1, 0.15) is 35.4 Å². The minimum Gasteiger partial charge on any atom is -0.460 e. The normalized spacial score (nSPS) is 19.5. The van der Waals surface area contributed by atoms with Crippen LogP contribution in [-0.2, 0) is 30.2 Å². The maximum absolute atomic E-state index is 12.3. The van der Waals surface area contributed by atoms with Crippen molar-refractivity contribution in [3.05, 3.63) is 29.9 Å². The summed E-state index contributed by atoms with van der Waals surface area (Å²) >= 11 is 0. The first kappa shape index (κ1) is 21.9. The van der Waals surface area contributed by atoms with Crippen LogP contribution in [0.2, 0.25) is 0 Å². The zero-order valence-electron chi connectivity index (χ0n) is 16.1. The van der Waals surface area contributed by atoms with E-state index in [9.17, 15) is 18.0 Å². The maximum atomic E-state index is 12.3. The summed E-state index contributed by atoms with van der Waals surface area (Å²) in [6, 6.07) is -0.402. The molecular weight excluding hydrogens is 390 g/mol. The molecule has 1 amide bonds. The molecule has 11 heteroatoms. The third kappa shape index (κ3) is 5.80. The smallest absolute Gasteiger partial charge is 0.410 e. The van der Waals surface area contributed by atoms with E-state index in [0.29, 0.717) is 17.8 Å². The molecule has 0 aliphatic carbocycles. The standard InChI is InChI=1S/C17H25N3O7S/c1-5-7-26-17(22)20-10-13(27-28(4,23)24)8-12(20)9-14-11(3)18-15(19-14)16(21)25-6-2/h5,12-13H,1,6-10H2,2-4H3,(H,18,19)/t12-,13+/m0/s1. The van der Waals surface area contributed by atoms with Crippen LogP contribution in [0.3, 0.4) is 0 Å². The zero-order chi connectivity index (χ0) is 20.9. The molecule has 10 nitrogen and oxygen atoms in total.